The monoisotopic (exact) mass is 398 g/mol. The molecule has 0 amide bonds. The van der Waals surface area contributed by atoms with Gasteiger partial charge in [-0.1, -0.05) is 62.5 Å². The SMILES string of the molecule is CC[C@H](C)c1cc(Cc2cc([C@@H](C)CC)cc(C(=O)O)c2[O-])c([O-])c(C(=O)O)c1. The lowest BCUT2D eigenvalue weighted by atomic mass is 9.89. The van der Waals surface area contributed by atoms with E-state index in [4.69, 9.17) is 0 Å². The van der Waals surface area contributed by atoms with Crippen LogP contribution in [0.2, 0.25) is 0 Å². The minimum atomic E-state index is -1.32. The van der Waals surface area contributed by atoms with Gasteiger partial charge in [-0.15, -0.1) is 0 Å². The molecule has 2 aromatic carbocycles. The van der Waals surface area contributed by atoms with Gasteiger partial charge in [0, 0.05) is 0 Å². The number of aromatic carboxylic acids is 2. The van der Waals surface area contributed by atoms with E-state index in [2.05, 4.69) is 0 Å². The highest BCUT2D eigenvalue weighted by atomic mass is 16.4. The van der Waals surface area contributed by atoms with Crippen LogP contribution in [0.5, 0.6) is 11.5 Å². The molecule has 0 saturated carbocycles. The van der Waals surface area contributed by atoms with Crippen LogP contribution in [-0.2, 0) is 6.42 Å². The van der Waals surface area contributed by atoms with Crippen LogP contribution in [0.1, 0.15) is 95.3 Å². The van der Waals surface area contributed by atoms with Crippen molar-refractivity contribution in [3.8, 4) is 11.5 Å². The molecule has 0 saturated heterocycles. The van der Waals surface area contributed by atoms with Crippen LogP contribution >= 0.6 is 0 Å². The maximum atomic E-state index is 12.7. The Morgan fingerprint density at radius 1 is 0.793 bits per heavy atom. The minimum Gasteiger partial charge on any atom is -0.872 e. The number of carboxylic acids is 2. The Kier molecular flexibility index (Phi) is 6.90. The zero-order valence-electron chi connectivity index (χ0n) is 17.1. The summed E-state index contributed by atoms with van der Waals surface area (Å²) in [5, 5.41) is 44.2. The van der Waals surface area contributed by atoms with Gasteiger partial charge in [-0.05, 0) is 54.4 Å². The molecule has 156 valence electrons. The standard InChI is InChI=1S/C23H28O6/c1-5-12(3)14-7-16(20(24)18(10-14)22(26)27)9-17-8-15(13(4)6-2)11-19(21(17)25)23(28)29/h7-8,10-13,24-25H,5-6,9H2,1-4H3,(H,26,27)(H,28,29)/p-2/t12-,13-/m0/s1. The zero-order valence-corrected chi connectivity index (χ0v) is 17.1. The van der Waals surface area contributed by atoms with Crippen molar-refractivity contribution >= 4 is 11.9 Å². The van der Waals surface area contributed by atoms with Gasteiger partial charge in [0.2, 0.25) is 0 Å². The van der Waals surface area contributed by atoms with Crippen molar-refractivity contribution in [3.63, 3.8) is 0 Å². The molecular formula is C23H26O6-2. The van der Waals surface area contributed by atoms with E-state index < -0.39 is 23.4 Å². The van der Waals surface area contributed by atoms with Gasteiger partial charge in [-0.2, -0.15) is 0 Å². The Labute approximate surface area is 170 Å². The molecule has 0 spiro atoms. The molecule has 0 unspecified atom stereocenters. The molecule has 0 aliphatic carbocycles. The van der Waals surface area contributed by atoms with Crippen LogP contribution in [0.3, 0.4) is 0 Å². The van der Waals surface area contributed by atoms with Gasteiger partial charge in [-0.3, -0.25) is 0 Å². The summed E-state index contributed by atoms with van der Waals surface area (Å²) in [7, 11) is 0. The summed E-state index contributed by atoms with van der Waals surface area (Å²) < 4.78 is 0. The van der Waals surface area contributed by atoms with Gasteiger partial charge in [0.15, 0.2) is 0 Å². The van der Waals surface area contributed by atoms with E-state index in [0.29, 0.717) is 11.1 Å². The topological polar surface area (TPSA) is 121 Å². The molecule has 0 fully saturated rings. The van der Waals surface area contributed by atoms with Crippen molar-refractivity contribution in [1.82, 2.24) is 0 Å². The Morgan fingerprint density at radius 3 is 1.41 bits per heavy atom. The first-order valence-corrected chi connectivity index (χ1v) is 9.74. The molecule has 2 rings (SSSR count). The molecule has 0 aliphatic heterocycles. The molecule has 2 N–H and O–H groups in total. The first-order chi connectivity index (χ1) is 13.6. The third-order valence-electron chi connectivity index (χ3n) is 5.58. The second-order valence-electron chi connectivity index (χ2n) is 7.52. The fourth-order valence-corrected chi connectivity index (χ4v) is 3.25. The van der Waals surface area contributed by atoms with E-state index >= 15 is 0 Å². The number of hydrogen-bond donors (Lipinski definition) is 2. The second-order valence-corrected chi connectivity index (χ2v) is 7.52. The summed E-state index contributed by atoms with van der Waals surface area (Å²) in [5.74, 6) is -3.84. The van der Waals surface area contributed by atoms with Gasteiger partial charge < -0.3 is 20.4 Å². The molecule has 6 heteroatoms. The summed E-state index contributed by atoms with van der Waals surface area (Å²) in [6.45, 7) is 7.78. The first kappa shape index (κ1) is 22.3. The van der Waals surface area contributed by atoms with Crippen LogP contribution in [0.25, 0.3) is 0 Å². The van der Waals surface area contributed by atoms with E-state index in [0.717, 1.165) is 12.8 Å². The second kappa shape index (κ2) is 8.99. The van der Waals surface area contributed by atoms with Crippen molar-refractivity contribution < 1.29 is 30.0 Å². The van der Waals surface area contributed by atoms with Crippen LogP contribution in [0, 0.1) is 0 Å². The van der Waals surface area contributed by atoms with Crippen LogP contribution in [-0.4, -0.2) is 22.2 Å². The maximum absolute atomic E-state index is 12.7. The molecular weight excluding hydrogens is 372 g/mol. The molecule has 0 heterocycles. The van der Waals surface area contributed by atoms with Crippen LogP contribution in [0.15, 0.2) is 24.3 Å². The van der Waals surface area contributed by atoms with Crippen molar-refractivity contribution in [2.24, 2.45) is 0 Å². The lowest BCUT2D eigenvalue weighted by molar-refractivity contribution is -0.270. The fourth-order valence-electron chi connectivity index (χ4n) is 3.25. The van der Waals surface area contributed by atoms with Crippen LogP contribution in [0.4, 0.5) is 0 Å². The summed E-state index contributed by atoms with van der Waals surface area (Å²) in [6, 6.07) is 6.05. The number of hydrogen-bond acceptors (Lipinski definition) is 4. The highest BCUT2D eigenvalue weighted by Gasteiger charge is 2.17. The third kappa shape index (κ3) is 4.70. The highest BCUT2D eigenvalue weighted by Crippen LogP contribution is 2.33. The molecule has 2 aromatic rings. The lowest BCUT2D eigenvalue weighted by Gasteiger charge is -2.24. The average molecular weight is 398 g/mol. The van der Waals surface area contributed by atoms with Gasteiger partial charge in [0.1, 0.15) is 0 Å². The van der Waals surface area contributed by atoms with Crippen molar-refractivity contribution in [2.45, 2.75) is 58.8 Å². The number of carbonyl (C=O) groups is 2. The minimum absolute atomic E-state index is 0.0419. The van der Waals surface area contributed by atoms with Gasteiger partial charge >= 0.3 is 11.9 Å². The largest absolute Gasteiger partial charge is 0.872 e. The molecule has 2 atom stereocenters. The van der Waals surface area contributed by atoms with Crippen molar-refractivity contribution in [2.75, 3.05) is 0 Å². The summed E-state index contributed by atoms with van der Waals surface area (Å²) in [6.07, 6.45) is 1.42. The number of carboxylic acid groups (broad SMARTS) is 2. The average Bonchev–Trinajstić information content (AvgIpc) is 2.68. The van der Waals surface area contributed by atoms with E-state index in [1.807, 2.05) is 27.7 Å². The number of rotatable bonds is 8. The van der Waals surface area contributed by atoms with Crippen LogP contribution < -0.4 is 10.2 Å². The maximum Gasteiger partial charge on any atom is 0.335 e. The molecule has 6 nitrogen and oxygen atoms in total. The van der Waals surface area contributed by atoms with Gasteiger partial charge in [0.05, 0.1) is 11.1 Å². The third-order valence-corrected chi connectivity index (χ3v) is 5.58. The lowest BCUT2D eigenvalue weighted by Crippen LogP contribution is -2.12. The normalized spacial score (nSPS) is 13.1. The summed E-state index contributed by atoms with van der Waals surface area (Å²) >= 11 is 0. The van der Waals surface area contributed by atoms with Gasteiger partial charge in [0.25, 0.3) is 0 Å². The van der Waals surface area contributed by atoms with E-state index in [1.54, 1.807) is 12.1 Å². The molecule has 29 heavy (non-hydrogen) atoms. The molecule has 0 aliphatic rings. The van der Waals surface area contributed by atoms with E-state index in [9.17, 15) is 30.0 Å². The van der Waals surface area contributed by atoms with Crippen molar-refractivity contribution in [1.29, 1.82) is 0 Å². The molecule has 0 bridgehead atoms. The quantitative estimate of drug-likeness (QED) is 0.697. The predicted molar refractivity (Wildman–Crippen MR) is 106 cm³/mol. The zero-order chi connectivity index (χ0) is 21.9. The van der Waals surface area contributed by atoms with E-state index in [-0.39, 0.29) is 40.5 Å². The highest BCUT2D eigenvalue weighted by molar-refractivity contribution is 5.92. The number of benzene rings is 2. The smallest absolute Gasteiger partial charge is 0.335 e. The molecule has 0 radical (unpaired) electrons. The Hall–Kier alpha value is -3.02. The summed E-state index contributed by atoms with van der Waals surface area (Å²) in [5.41, 5.74) is 1.14. The Balaban J connectivity index is 2.66. The first-order valence-electron chi connectivity index (χ1n) is 9.74. The Morgan fingerprint density at radius 2 is 1.14 bits per heavy atom. The molecule has 0 aromatic heterocycles. The Bertz CT molecular complexity index is 856. The summed E-state index contributed by atoms with van der Waals surface area (Å²) in [4.78, 5) is 23.1. The van der Waals surface area contributed by atoms with E-state index in [1.165, 1.54) is 12.1 Å². The fraction of sp³-hybridized carbons (Fsp3) is 0.391. The predicted octanol–water partition coefficient (Wildman–Crippen LogP) is 3.85. The van der Waals surface area contributed by atoms with Gasteiger partial charge in [-0.25, -0.2) is 9.59 Å². The van der Waals surface area contributed by atoms with Crippen molar-refractivity contribution in [3.05, 3.63) is 57.6 Å².